The largest absolute Gasteiger partial charge is 0.311 e. The molecule has 0 radical (unpaired) electrons. The van der Waals surface area contributed by atoms with Crippen molar-refractivity contribution in [3.63, 3.8) is 0 Å². The van der Waals surface area contributed by atoms with Crippen molar-refractivity contribution in [1.29, 1.82) is 0 Å². The second-order valence-electron chi connectivity index (χ2n) is 19.5. The molecule has 80 heavy (non-hydrogen) atoms. The van der Waals surface area contributed by atoms with Crippen LogP contribution in [0.2, 0.25) is 0 Å². The molecule has 0 aromatic heterocycles. The fourth-order valence-corrected chi connectivity index (χ4v) is 10.2. The number of hydrogen-bond acceptors (Lipinski definition) is 4. The van der Waals surface area contributed by atoms with Crippen molar-refractivity contribution >= 4 is 92.6 Å². The summed E-state index contributed by atoms with van der Waals surface area (Å²) in [6, 6.07) is 116. The minimum Gasteiger partial charge on any atom is -0.311 e. The Labute approximate surface area is 470 Å². The monoisotopic (exact) mass is 1030 g/mol. The number of hydrogen-bond donors (Lipinski definition) is 0. The highest BCUT2D eigenvalue weighted by atomic mass is 15.2. The molecule has 0 spiro atoms. The number of rotatable bonds is 17. The van der Waals surface area contributed by atoms with Crippen LogP contribution in [0.3, 0.4) is 0 Å². The Morgan fingerprint density at radius 2 is 0.287 bits per heavy atom. The Morgan fingerprint density at radius 3 is 0.500 bits per heavy atom. The molecule has 0 saturated heterocycles. The van der Waals surface area contributed by atoms with E-state index in [1.165, 1.54) is 11.1 Å². The summed E-state index contributed by atoms with van der Waals surface area (Å²) < 4.78 is 0. The molecule has 0 N–H and O–H groups in total. The second-order valence-corrected chi connectivity index (χ2v) is 19.5. The van der Waals surface area contributed by atoms with Crippen LogP contribution in [-0.4, -0.2) is 0 Å². The molecule has 0 atom stereocenters. The van der Waals surface area contributed by atoms with Gasteiger partial charge in [-0.05, 0) is 179 Å². The van der Waals surface area contributed by atoms with Crippen LogP contribution in [0.4, 0.5) is 68.2 Å². The Balaban J connectivity index is 0.883. The van der Waals surface area contributed by atoms with Crippen LogP contribution >= 0.6 is 0 Å². The topological polar surface area (TPSA) is 13.0 Å². The maximum Gasteiger partial charge on any atom is 0.0463 e. The number of para-hydroxylation sites is 4. The molecule has 0 saturated carbocycles. The van der Waals surface area contributed by atoms with E-state index in [-0.39, 0.29) is 0 Å². The summed E-state index contributed by atoms with van der Waals surface area (Å²) in [5.74, 6) is 0. The highest BCUT2D eigenvalue weighted by Crippen LogP contribution is 2.43. The van der Waals surface area contributed by atoms with Crippen LogP contribution in [0.5, 0.6) is 0 Å². The van der Waals surface area contributed by atoms with Gasteiger partial charge >= 0.3 is 0 Å². The minimum absolute atomic E-state index is 1.04. The molecule has 0 aliphatic carbocycles. The van der Waals surface area contributed by atoms with E-state index in [2.05, 4.69) is 359 Å². The molecular weight excluding hydrogens is 969 g/mol. The summed E-state index contributed by atoms with van der Waals surface area (Å²) in [5.41, 5.74) is 19.8. The van der Waals surface area contributed by atoms with E-state index < -0.39 is 0 Å². The third-order valence-corrected chi connectivity index (χ3v) is 14.2. The van der Waals surface area contributed by atoms with Crippen molar-refractivity contribution in [2.24, 2.45) is 0 Å². The molecule has 382 valence electrons. The lowest BCUT2D eigenvalue weighted by Gasteiger charge is -2.29. The van der Waals surface area contributed by atoms with Gasteiger partial charge in [0.1, 0.15) is 0 Å². The fraction of sp³-hybridized carbons (Fsp3) is 0. The summed E-state index contributed by atoms with van der Waals surface area (Å²) in [6.07, 6.45) is 8.64. The summed E-state index contributed by atoms with van der Waals surface area (Å²) >= 11 is 0. The predicted octanol–water partition coefficient (Wildman–Crippen LogP) is 21.6. The molecular formula is C76H58N4. The van der Waals surface area contributed by atoms with Crippen LogP contribution in [0.1, 0.15) is 22.3 Å². The van der Waals surface area contributed by atoms with Crippen molar-refractivity contribution in [1.82, 2.24) is 0 Å². The molecule has 0 aliphatic heterocycles. The maximum absolute atomic E-state index is 2.35. The number of anilines is 12. The third-order valence-electron chi connectivity index (χ3n) is 14.2. The van der Waals surface area contributed by atoms with Crippen LogP contribution < -0.4 is 19.6 Å². The summed E-state index contributed by atoms with van der Waals surface area (Å²) in [4.78, 5) is 9.27. The quantitative estimate of drug-likeness (QED) is 0.0843. The fourth-order valence-electron chi connectivity index (χ4n) is 10.2. The van der Waals surface area contributed by atoms with Crippen LogP contribution in [0.15, 0.2) is 328 Å². The molecule has 0 fully saturated rings. The zero-order valence-corrected chi connectivity index (χ0v) is 44.3. The van der Waals surface area contributed by atoms with Crippen LogP contribution in [-0.2, 0) is 0 Å². The second kappa shape index (κ2) is 24.1. The van der Waals surface area contributed by atoms with E-state index in [9.17, 15) is 0 Å². The standard InChI is InChI=1S/C76H58N4/c1-7-19-59(20-8-1)31-33-61-35-43-69(44-36-61)78(67-27-15-5-16-28-67)73-51-55-75(56-52-73)80(72-49-41-64(42-50-72)63-39-47-71(48-40-63)77(65-23-11-3-12-24-65)66-25-13-4-14-26-66)76-57-53-74(54-58-76)79(68-29-17-6-18-30-68)70-45-37-62(38-46-70)34-32-60-21-9-2-10-22-60/h1-58H/b33-31-,34-32?. The van der Waals surface area contributed by atoms with E-state index in [1.807, 2.05) is 12.1 Å². The average molecular weight is 1030 g/mol. The lowest BCUT2D eigenvalue weighted by atomic mass is 10.0. The summed E-state index contributed by atoms with van der Waals surface area (Å²) in [7, 11) is 0. The molecule has 0 unspecified atom stereocenters. The zero-order valence-electron chi connectivity index (χ0n) is 44.3. The Hall–Kier alpha value is -10.7. The minimum atomic E-state index is 1.04. The molecule has 0 bridgehead atoms. The first kappa shape index (κ1) is 50.2. The molecule has 12 aromatic carbocycles. The Kier molecular flexibility index (Phi) is 15.1. The lowest BCUT2D eigenvalue weighted by Crippen LogP contribution is -2.13. The zero-order chi connectivity index (χ0) is 53.7. The van der Waals surface area contributed by atoms with Gasteiger partial charge < -0.3 is 19.6 Å². The first-order chi connectivity index (χ1) is 39.7. The highest BCUT2D eigenvalue weighted by molar-refractivity contribution is 5.86. The van der Waals surface area contributed by atoms with Gasteiger partial charge in [0.15, 0.2) is 0 Å². The van der Waals surface area contributed by atoms with Crippen molar-refractivity contribution < 1.29 is 0 Å². The molecule has 4 nitrogen and oxygen atoms in total. The summed E-state index contributed by atoms with van der Waals surface area (Å²) in [5, 5.41) is 0. The molecule has 0 amide bonds. The lowest BCUT2D eigenvalue weighted by molar-refractivity contribution is 1.24. The molecule has 0 heterocycles. The van der Waals surface area contributed by atoms with Crippen molar-refractivity contribution in [2.75, 3.05) is 19.6 Å². The Morgan fingerprint density at radius 1 is 0.138 bits per heavy atom. The van der Waals surface area contributed by atoms with Gasteiger partial charge in [-0.3, -0.25) is 0 Å². The van der Waals surface area contributed by atoms with E-state index in [0.29, 0.717) is 0 Å². The van der Waals surface area contributed by atoms with Crippen LogP contribution in [0, 0.1) is 0 Å². The SMILES string of the molecule is C(=Cc1ccc(N(c2ccccc2)c2ccc(N(c3ccc(-c4ccc(N(c5ccccc5)c5ccccc5)cc4)cc3)c3ccc(N(c4ccccc4)c4ccc(/C=C\c5ccccc5)cc4)cc3)cc2)cc1)c1ccccc1. The maximum atomic E-state index is 2.35. The molecule has 4 heteroatoms. The van der Waals surface area contributed by atoms with E-state index in [1.54, 1.807) is 0 Å². The first-order valence-electron chi connectivity index (χ1n) is 27.1. The van der Waals surface area contributed by atoms with Crippen molar-refractivity contribution in [3.8, 4) is 11.1 Å². The van der Waals surface area contributed by atoms with Gasteiger partial charge in [-0.25, -0.2) is 0 Å². The van der Waals surface area contributed by atoms with Crippen molar-refractivity contribution in [2.45, 2.75) is 0 Å². The predicted molar refractivity (Wildman–Crippen MR) is 341 cm³/mol. The van der Waals surface area contributed by atoms with E-state index in [0.717, 1.165) is 90.5 Å². The molecule has 0 aliphatic rings. The summed E-state index contributed by atoms with van der Waals surface area (Å²) in [6.45, 7) is 0. The molecule has 12 rings (SSSR count). The van der Waals surface area contributed by atoms with E-state index in [4.69, 9.17) is 0 Å². The van der Waals surface area contributed by atoms with Gasteiger partial charge in [-0.15, -0.1) is 0 Å². The smallest absolute Gasteiger partial charge is 0.0463 e. The van der Waals surface area contributed by atoms with Gasteiger partial charge in [0.05, 0.1) is 0 Å². The van der Waals surface area contributed by atoms with Gasteiger partial charge in [0.2, 0.25) is 0 Å². The van der Waals surface area contributed by atoms with Crippen molar-refractivity contribution in [3.05, 3.63) is 350 Å². The first-order valence-corrected chi connectivity index (χ1v) is 27.1. The Bertz CT molecular complexity index is 3690. The van der Waals surface area contributed by atoms with Gasteiger partial charge in [-0.2, -0.15) is 0 Å². The normalized spacial score (nSPS) is 11.2. The van der Waals surface area contributed by atoms with Gasteiger partial charge in [-0.1, -0.05) is 206 Å². The van der Waals surface area contributed by atoms with Crippen LogP contribution in [0.25, 0.3) is 35.4 Å². The van der Waals surface area contributed by atoms with Gasteiger partial charge in [0, 0.05) is 68.2 Å². The number of nitrogens with zero attached hydrogens (tertiary/aromatic N) is 4. The highest BCUT2D eigenvalue weighted by Gasteiger charge is 2.19. The third kappa shape index (κ3) is 11.7. The van der Waals surface area contributed by atoms with E-state index >= 15 is 0 Å². The average Bonchev–Trinajstić information content (AvgIpc) is 3.60. The van der Waals surface area contributed by atoms with Gasteiger partial charge in [0.25, 0.3) is 0 Å². The number of benzene rings is 12. The molecule has 12 aromatic rings.